The van der Waals surface area contributed by atoms with E-state index in [1.54, 1.807) is 36.4 Å². The Bertz CT molecular complexity index is 924. The number of amides is 1. The molecule has 2 aromatic rings. The van der Waals surface area contributed by atoms with Gasteiger partial charge in [0.15, 0.2) is 0 Å². The van der Waals surface area contributed by atoms with Gasteiger partial charge in [0.05, 0.1) is 10.6 Å². The molecule has 2 aromatic carbocycles. The average Bonchev–Trinajstić information content (AvgIpc) is 3.04. The molecule has 0 fully saturated rings. The zero-order valence-electron chi connectivity index (χ0n) is 13.4. The highest BCUT2D eigenvalue weighted by atomic mass is 35.5. The predicted molar refractivity (Wildman–Crippen MR) is 98.7 cm³/mol. The van der Waals surface area contributed by atoms with Crippen molar-refractivity contribution >= 4 is 33.2 Å². The van der Waals surface area contributed by atoms with E-state index < -0.39 is 10.0 Å². The first-order chi connectivity index (χ1) is 11.9. The van der Waals surface area contributed by atoms with Gasteiger partial charge in [-0.05, 0) is 54.4 Å². The van der Waals surface area contributed by atoms with Gasteiger partial charge >= 0.3 is 0 Å². The Balaban J connectivity index is 1.90. The molecule has 1 amide bonds. The van der Waals surface area contributed by atoms with Crippen molar-refractivity contribution in [1.29, 1.82) is 0 Å². The van der Waals surface area contributed by atoms with Crippen LogP contribution in [0.3, 0.4) is 0 Å². The maximum Gasteiger partial charge on any atom is 0.264 e. The van der Waals surface area contributed by atoms with E-state index in [1.807, 2.05) is 0 Å². The van der Waals surface area contributed by atoms with Crippen LogP contribution in [0.25, 0.3) is 0 Å². The zero-order chi connectivity index (χ0) is 18.0. The third-order valence-electron chi connectivity index (χ3n) is 4.00. The number of sulfonamides is 1. The van der Waals surface area contributed by atoms with Crippen LogP contribution in [0.2, 0.25) is 5.02 Å². The second-order valence-electron chi connectivity index (χ2n) is 5.62. The topological polar surface area (TPSA) is 66.5 Å². The number of rotatable bonds is 5. The Labute approximate surface area is 152 Å². The summed E-state index contributed by atoms with van der Waals surface area (Å²) in [5, 5.41) is 3.19. The highest BCUT2D eigenvalue weighted by molar-refractivity contribution is 7.92. The Kier molecular flexibility index (Phi) is 4.83. The fourth-order valence-electron chi connectivity index (χ4n) is 2.76. The summed E-state index contributed by atoms with van der Waals surface area (Å²) in [7, 11) is -3.66. The Morgan fingerprint density at radius 1 is 1.24 bits per heavy atom. The van der Waals surface area contributed by atoms with Crippen LogP contribution in [0.4, 0.5) is 5.69 Å². The molecule has 3 rings (SSSR count). The van der Waals surface area contributed by atoms with E-state index in [1.165, 1.54) is 16.4 Å². The van der Waals surface area contributed by atoms with Gasteiger partial charge < -0.3 is 5.32 Å². The maximum absolute atomic E-state index is 12.9. The van der Waals surface area contributed by atoms with Gasteiger partial charge in [0.25, 0.3) is 15.9 Å². The first-order valence-corrected chi connectivity index (χ1v) is 9.55. The molecule has 0 aliphatic carbocycles. The van der Waals surface area contributed by atoms with E-state index in [0.29, 0.717) is 35.8 Å². The summed E-state index contributed by atoms with van der Waals surface area (Å²) in [4.78, 5) is 12.2. The fraction of sp³-hybridized carbons (Fsp3) is 0.167. The third-order valence-corrected chi connectivity index (χ3v) is 6.08. The Morgan fingerprint density at radius 2 is 1.96 bits per heavy atom. The molecule has 0 unspecified atom stereocenters. The van der Waals surface area contributed by atoms with Crippen molar-refractivity contribution in [3.63, 3.8) is 0 Å². The van der Waals surface area contributed by atoms with Crippen molar-refractivity contribution in [2.24, 2.45) is 0 Å². The lowest BCUT2D eigenvalue weighted by Crippen LogP contribution is -2.29. The van der Waals surface area contributed by atoms with Gasteiger partial charge in [-0.3, -0.25) is 9.10 Å². The third kappa shape index (κ3) is 3.41. The van der Waals surface area contributed by atoms with Gasteiger partial charge in [-0.1, -0.05) is 17.7 Å². The van der Waals surface area contributed by atoms with Crippen LogP contribution in [0.5, 0.6) is 0 Å². The zero-order valence-corrected chi connectivity index (χ0v) is 15.0. The number of fused-ring (bicyclic) bond motifs is 1. The van der Waals surface area contributed by atoms with Gasteiger partial charge in [0, 0.05) is 23.7 Å². The molecule has 1 aliphatic rings. The van der Waals surface area contributed by atoms with E-state index in [4.69, 9.17) is 11.6 Å². The number of nitrogens with zero attached hydrogens (tertiary/aromatic N) is 1. The van der Waals surface area contributed by atoms with E-state index >= 15 is 0 Å². The quantitative estimate of drug-likeness (QED) is 0.816. The van der Waals surface area contributed by atoms with Crippen molar-refractivity contribution in [2.45, 2.75) is 11.3 Å². The molecule has 0 saturated carbocycles. The molecular weight excluding hydrogens is 360 g/mol. The van der Waals surface area contributed by atoms with Gasteiger partial charge in [-0.15, -0.1) is 6.58 Å². The second-order valence-corrected chi connectivity index (χ2v) is 7.92. The smallest absolute Gasteiger partial charge is 0.264 e. The van der Waals surface area contributed by atoms with Gasteiger partial charge in [-0.2, -0.15) is 0 Å². The van der Waals surface area contributed by atoms with Crippen LogP contribution in [0.1, 0.15) is 15.9 Å². The minimum Gasteiger partial charge on any atom is -0.349 e. The van der Waals surface area contributed by atoms with Crippen LogP contribution in [0, 0.1) is 0 Å². The van der Waals surface area contributed by atoms with Crippen LogP contribution >= 0.6 is 11.6 Å². The normalized spacial score (nSPS) is 13.4. The molecule has 7 heteroatoms. The molecule has 0 bridgehead atoms. The number of nitrogens with one attached hydrogen (secondary N) is 1. The van der Waals surface area contributed by atoms with Crippen molar-refractivity contribution in [3.8, 4) is 0 Å². The molecule has 1 aliphatic heterocycles. The number of anilines is 1. The van der Waals surface area contributed by atoms with Crippen molar-refractivity contribution in [1.82, 2.24) is 5.32 Å². The molecular formula is C18H17ClN2O3S. The first-order valence-electron chi connectivity index (χ1n) is 7.74. The molecule has 0 saturated heterocycles. The first kappa shape index (κ1) is 17.5. The van der Waals surface area contributed by atoms with E-state index in [-0.39, 0.29) is 10.8 Å². The predicted octanol–water partition coefficient (Wildman–Crippen LogP) is 3.01. The number of hydrogen-bond donors (Lipinski definition) is 1. The second kappa shape index (κ2) is 6.90. The fourth-order valence-corrected chi connectivity index (χ4v) is 4.39. The number of carbonyl (C=O) groups is 1. The lowest BCUT2D eigenvalue weighted by Gasteiger charge is -2.19. The molecule has 130 valence electrons. The number of hydrogen-bond acceptors (Lipinski definition) is 3. The number of carbonyl (C=O) groups excluding carboxylic acids is 1. The Morgan fingerprint density at radius 3 is 2.64 bits per heavy atom. The summed E-state index contributed by atoms with van der Waals surface area (Å²) in [6, 6.07) is 11.1. The summed E-state index contributed by atoms with van der Waals surface area (Å²) < 4.78 is 27.1. The number of halogens is 1. The van der Waals surface area contributed by atoms with E-state index in [0.717, 1.165) is 5.56 Å². The van der Waals surface area contributed by atoms with Gasteiger partial charge in [-0.25, -0.2) is 8.42 Å². The molecule has 5 nitrogen and oxygen atoms in total. The Hall–Kier alpha value is -2.31. The molecule has 0 spiro atoms. The molecule has 0 atom stereocenters. The van der Waals surface area contributed by atoms with Crippen LogP contribution in [-0.4, -0.2) is 27.4 Å². The van der Waals surface area contributed by atoms with Crippen molar-refractivity contribution < 1.29 is 13.2 Å². The van der Waals surface area contributed by atoms with E-state index in [9.17, 15) is 13.2 Å². The van der Waals surface area contributed by atoms with Crippen molar-refractivity contribution in [2.75, 3.05) is 17.4 Å². The molecule has 0 aromatic heterocycles. The summed E-state index contributed by atoms with van der Waals surface area (Å²) in [6.45, 7) is 4.29. The minimum atomic E-state index is -3.66. The molecule has 0 radical (unpaired) electrons. The van der Waals surface area contributed by atoms with Gasteiger partial charge in [0.1, 0.15) is 0 Å². The largest absolute Gasteiger partial charge is 0.349 e. The monoisotopic (exact) mass is 376 g/mol. The lowest BCUT2D eigenvalue weighted by atomic mass is 10.1. The summed E-state index contributed by atoms with van der Waals surface area (Å²) in [5.41, 5.74) is 1.95. The minimum absolute atomic E-state index is 0.192. The van der Waals surface area contributed by atoms with Crippen LogP contribution in [0.15, 0.2) is 60.0 Å². The summed E-state index contributed by atoms with van der Waals surface area (Å²) in [6.07, 6.45) is 2.16. The molecule has 1 N–H and O–H groups in total. The van der Waals surface area contributed by atoms with Crippen LogP contribution < -0.4 is 9.62 Å². The summed E-state index contributed by atoms with van der Waals surface area (Å²) >= 11 is 5.83. The van der Waals surface area contributed by atoms with Crippen molar-refractivity contribution in [3.05, 3.63) is 71.3 Å². The lowest BCUT2D eigenvalue weighted by molar-refractivity contribution is 0.0958. The molecule has 25 heavy (non-hydrogen) atoms. The van der Waals surface area contributed by atoms with Crippen LogP contribution in [-0.2, 0) is 16.4 Å². The highest BCUT2D eigenvalue weighted by Gasteiger charge is 2.31. The maximum atomic E-state index is 12.9. The summed E-state index contributed by atoms with van der Waals surface area (Å²) in [5.74, 6) is -0.207. The van der Waals surface area contributed by atoms with Gasteiger partial charge in [0.2, 0.25) is 0 Å². The standard InChI is InChI=1S/C18H17ClN2O3S/c1-2-10-20-18(22)14-3-8-17-13(12-14)9-11-21(17)25(23,24)16-6-4-15(19)5-7-16/h2-8,12H,1,9-11H2,(H,20,22). The SMILES string of the molecule is C=CCNC(=O)c1ccc2c(c1)CCN2S(=O)(=O)c1ccc(Cl)cc1. The molecule has 1 heterocycles. The average molecular weight is 377 g/mol. The number of benzene rings is 2. The highest BCUT2D eigenvalue weighted by Crippen LogP contribution is 2.33. The van der Waals surface area contributed by atoms with E-state index in [2.05, 4.69) is 11.9 Å².